The molecule has 3 rings (SSSR count). The number of rotatable bonds is 2. The second kappa shape index (κ2) is 8.29. The van der Waals surface area contributed by atoms with Crippen LogP contribution in [0.4, 0.5) is 30.0 Å². The summed E-state index contributed by atoms with van der Waals surface area (Å²) < 4.78 is 37.2. The van der Waals surface area contributed by atoms with Crippen LogP contribution in [0.25, 0.3) is 10.9 Å². The number of halogens is 3. The Labute approximate surface area is 180 Å². The van der Waals surface area contributed by atoms with Crippen molar-refractivity contribution in [3.8, 4) is 0 Å². The normalized spacial score (nSPS) is 16.3. The fourth-order valence-electron chi connectivity index (χ4n) is 2.90. The Morgan fingerprint density at radius 1 is 1.20 bits per heavy atom. The average molecular weight is 487 g/mol. The maximum atomic E-state index is 13.6. The number of aromatic nitrogens is 2. The molecule has 1 N–H and O–H groups in total. The van der Waals surface area contributed by atoms with Crippen molar-refractivity contribution in [1.82, 2.24) is 9.97 Å². The number of alkyl halides is 2. The van der Waals surface area contributed by atoms with Crippen LogP contribution in [0.15, 0.2) is 22.8 Å². The fourth-order valence-corrected chi connectivity index (χ4v) is 3.20. The van der Waals surface area contributed by atoms with Crippen LogP contribution < -0.4 is 10.2 Å². The van der Waals surface area contributed by atoms with Crippen LogP contribution in [-0.2, 0) is 9.47 Å². The van der Waals surface area contributed by atoms with Crippen LogP contribution in [0.1, 0.15) is 33.6 Å². The van der Waals surface area contributed by atoms with E-state index in [1.165, 1.54) is 0 Å². The van der Waals surface area contributed by atoms with Crippen molar-refractivity contribution in [1.29, 1.82) is 0 Å². The molecule has 30 heavy (non-hydrogen) atoms. The lowest BCUT2D eigenvalue weighted by Crippen LogP contribution is -2.40. The van der Waals surface area contributed by atoms with Crippen LogP contribution in [0.2, 0.25) is 0 Å². The van der Waals surface area contributed by atoms with Gasteiger partial charge in [0, 0.05) is 31.3 Å². The smallest absolute Gasteiger partial charge is 0.428 e. The van der Waals surface area contributed by atoms with Gasteiger partial charge >= 0.3 is 12.2 Å². The average Bonchev–Trinajstić information content (AvgIpc) is 2.59. The van der Waals surface area contributed by atoms with Crippen molar-refractivity contribution in [2.75, 3.05) is 23.3 Å². The van der Waals surface area contributed by atoms with Crippen molar-refractivity contribution in [3.05, 3.63) is 22.8 Å². The minimum atomic E-state index is -2.71. The molecular formula is C19H21BrF2N4O4. The van der Waals surface area contributed by atoms with Crippen molar-refractivity contribution in [2.24, 2.45) is 0 Å². The largest absolute Gasteiger partial charge is 0.517 e. The fraction of sp³-hybridized carbons (Fsp3) is 0.474. The van der Waals surface area contributed by atoms with E-state index in [1.807, 2.05) is 0 Å². The molecule has 2 aromatic rings. The first-order valence-corrected chi connectivity index (χ1v) is 10.0. The highest BCUT2D eigenvalue weighted by molar-refractivity contribution is 9.10. The number of anilines is 2. The summed E-state index contributed by atoms with van der Waals surface area (Å²) in [6.07, 6.45) is -2.83. The first-order chi connectivity index (χ1) is 13.9. The molecule has 162 valence electrons. The number of hydrogen-bond acceptors (Lipinski definition) is 7. The maximum Gasteiger partial charge on any atom is 0.517 e. The zero-order chi connectivity index (χ0) is 22.1. The van der Waals surface area contributed by atoms with Gasteiger partial charge in [-0.05, 0) is 54.9 Å². The number of carbonyl (C=O) groups excluding carboxylic acids is 2. The number of ether oxygens (including phenoxy) is 2. The number of nitrogens with one attached hydrogen (secondary N) is 1. The molecule has 0 atom stereocenters. The molecule has 1 saturated heterocycles. The van der Waals surface area contributed by atoms with Gasteiger partial charge in [0.05, 0.1) is 0 Å². The van der Waals surface area contributed by atoms with E-state index in [-0.39, 0.29) is 31.7 Å². The van der Waals surface area contributed by atoms with Crippen LogP contribution in [0, 0.1) is 0 Å². The quantitative estimate of drug-likeness (QED) is 0.358. The van der Waals surface area contributed by atoms with Gasteiger partial charge < -0.3 is 14.4 Å². The number of hydrogen-bond donors (Lipinski definition) is 1. The van der Waals surface area contributed by atoms with E-state index in [0.29, 0.717) is 21.3 Å². The summed E-state index contributed by atoms with van der Waals surface area (Å²) in [7, 11) is 0. The highest BCUT2D eigenvalue weighted by Gasteiger charge is 2.35. The Kier molecular flexibility index (Phi) is 6.11. The summed E-state index contributed by atoms with van der Waals surface area (Å²) >= 11 is 3.30. The van der Waals surface area contributed by atoms with Gasteiger partial charge in [0.25, 0.3) is 5.92 Å². The molecular weight excluding hydrogens is 466 g/mol. The van der Waals surface area contributed by atoms with Crippen LogP contribution in [-0.4, -0.2) is 46.8 Å². The van der Waals surface area contributed by atoms with Gasteiger partial charge in [0.15, 0.2) is 5.82 Å². The van der Waals surface area contributed by atoms with Crippen molar-refractivity contribution in [2.45, 2.75) is 45.1 Å². The number of carbonyl (C=O) groups is 2. The summed E-state index contributed by atoms with van der Waals surface area (Å²) in [6, 6.07) is 5.01. The van der Waals surface area contributed by atoms with Crippen LogP contribution in [0.5, 0.6) is 0 Å². The van der Waals surface area contributed by atoms with E-state index in [9.17, 15) is 18.4 Å². The number of piperidine rings is 1. The Bertz CT molecular complexity index is 971. The summed E-state index contributed by atoms with van der Waals surface area (Å²) in [4.78, 5) is 34.2. The van der Waals surface area contributed by atoms with E-state index in [2.05, 4.69) is 36.0 Å². The van der Waals surface area contributed by atoms with Crippen molar-refractivity contribution < 1.29 is 27.8 Å². The van der Waals surface area contributed by atoms with Crippen molar-refractivity contribution >= 4 is 50.7 Å². The molecule has 0 aliphatic carbocycles. The van der Waals surface area contributed by atoms with Gasteiger partial charge in [0.2, 0.25) is 0 Å². The van der Waals surface area contributed by atoms with E-state index in [4.69, 9.17) is 4.74 Å². The second-order valence-corrected chi connectivity index (χ2v) is 8.67. The topological polar surface area (TPSA) is 93.6 Å². The SMILES string of the molecule is CC(C)(C)OC(=O)OC(=O)Nc1cc2ccc(Br)nc2c(N2CCC(F)(F)CC2)n1. The highest BCUT2D eigenvalue weighted by Crippen LogP contribution is 2.34. The number of fused-ring (bicyclic) bond motifs is 1. The first kappa shape index (κ1) is 22.1. The van der Waals surface area contributed by atoms with Gasteiger partial charge in [-0.15, -0.1) is 0 Å². The summed E-state index contributed by atoms with van der Waals surface area (Å²) in [5.74, 6) is -2.27. The Hall–Kier alpha value is -2.56. The summed E-state index contributed by atoms with van der Waals surface area (Å²) in [6.45, 7) is 5.09. The first-order valence-electron chi connectivity index (χ1n) is 9.24. The van der Waals surface area contributed by atoms with Gasteiger partial charge in [-0.25, -0.2) is 28.3 Å². The monoisotopic (exact) mass is 486 g/mol. The molecule has 1 amide bonds. The van der Waals surface area contributed by atoms with Gasteiger partial charge in [-0.2, -0.15) is 0 Å². The third-order valence-corrected chi connectivity index (χ3v) is 4.65. The molecule has 11 heteroatoms. The molecule has 8 nitrogen and oxygen atoms in total. The molecule has 3 heterocycles. The third kappa shape index (κ3) is 5.74. The zero-order valence-corrected chi connectivity index (χ0v) is 18.3. The number of nitrogens with zero attached hydrogens (tertiary/aromatic N) is 3. The third-order valence-electron chi connectivity index (χ3n) is 4.21. The molecule has 0 radical (unpaired) electrons. The van der Waals surface area contributed by atoms with E-state index in [0.717, 1.165) is 0 Å². The van der Waals surface area contributed by atoms with E-state index >= 15 is 0 Å². The maximum absolute atomic E-state index is 13.6. The number of pyridine rings is 2. The molecule has 0 saturated carbocycles. The Morgan fingerprint density at radius 2 is 1.87 bits per heavy atom. The lowest BCUT2D eigenvalue weighted by atomic mass is 10.1. The Morgan fingerprint density at radius 3 is 2.50 bits per heavy atom. The van der Waals surface area contributed by atoms with Crippen LogP contribution in [0.3, 0.4) is 0 Å². The van der Waals surface area contributed by atoms with E-state index < -0.39 is 23.8 Å². The standard InChI is InChI=1S/C19H21BrF2N4O4/c1-18(2,3)30-17(28)29-16(27)25-13-10-11-4-5-12(20)23-14(11)15(24-13)26-8-6-19(21,22)7-9-26/h4-5,10H,6-9H2,1-3H3,(H,24,25,27). The molecule has 2 aromatic heterocycles. The minimum absolute atomic E-state index is 0.0903. The van der Waals surface area contributed by atoms with E-state index in [1.54, 1.807) is 43.9 Å². The molecule has 0 unspecified atom stereocenters. The Balaban J connectivity index is 1.85. The zero-order valence-electron chi connectivity index (χ0n) is 16.7. The molecule has 0 aromatic carbocycles. The molecule has 1 aliphatic rings. The molecule has 0 bridgehead atoms. The van der Waals surface area contributed by atoms with Gasteiger partial charge in [0.1, 0.15) is 21.5 Å². The molecule has 0 spiro atoms. The lowest BCUT2D eigenvalue weighted by Gasteiger charge is -2.33. The number of amides is 1. The van der Waals surface area contributed by atoms with Crippen molar-refractivity contribution in [3.63, 3.8) is 0 Å². The molecule has 1 fully saturated rings. The molecule has 1 aliphatic heterocycles. The van der Waals surface area contributed by atoms with Gasteiger partial charge in [-0.3, -0.25) is 5.32 Å². The van der Waals surface area contributed by atoms with Gasteiger partial charge in [-0.1, -0.05) is 0 Å². The second-order valence-electron chi connectivity index (χ2n) is 7.86. The summed E-state index contributed by atoms with van der Waals surface area (Å²) in [5, 5.41) is 3.01. The predicted molar refractivity (Wildman–Crippen MR) is 110 cm³/mol. The summed E-state index contributed by atoms with van der Waals surface area (Å²) in [5.41, 5.74) is -0.318. The van der Waals surface area contributed by atoms with Crippen LogP contribution >= 0.6 is 15.9 Å². The highest BCUT2D eigenvalue weighted by atomic mass is 79.9. The minimum Gasteiger partial charge on any atom is -0.428 e. The predicted octanol–water partition coefficient (Wildman–Crippen LogP) is 5.11. The lowest BCUT2D eigenvalue weighted by molar-refractivity contribution is -0.0221.